The standard InChI is InChI=1S/C18H21ClN4O3S/c1-21(2)9-4-10-22(16(26)11-23-14(24)7-8-15(23)25)18-20-17-12(19)5-3-6-13(17)27-18/h3,5-6H,4,7-11H2,1-2H3. The summed E-state index contributed by atoms with van der Waals surface area (Å²) in [6.07, 6.45) is 1.08. The molecule has 1 aliphatic rings. The Balaban J connectivity index is 1.85. The molecule has 2 aromatic rings. The Morgan fingerprint density at radius 2 is 1.93 bits per heavy atom. The molecule has 1 aromatic heterocycles. The molecular formula is C18H21ClN4O3S. The van der Waals surface area contributed by atoms with E-state index in [2.05, 4.69) is 4.98 Å². The number of thiazole rings is 1. The predicted molar refractivity (Wildman–Crippen MR) is 106 cm³/mol. The minimum Gasteiger partial charge on any atom is -0.309 e. The summed E-state index contributed by atoms with van der Waals surface area (Å²) in [7, 11) is 3.93. The van der Waals surface area contributed by atoms with E-state index in [1.807, 2.05) is 31.1 Å². The molecule has 2 heterocycles. The van der Waals surface area contributed by atoms with Gasteiger partial charge in [0.05, 0.1) is 9.72 Å². The highest BCUT2D eigenvalue weighted by molar-refractivity contribution is 7.22. The van der Waals surface area contributed by atoms with Gasteiger partial charge in [-0.3, -0.25) is 24.2 Å². The van der Waals surface area contributed by atoms with Crippen LogP contribution in [0.25, 0.3) is 10.2 Å². The summed E-state index contributed by atoms with van der Waals surface area (Å²) in [5.41, 5.74) is 0.651. The molecule has 3 rings (SSSR count). The zero-order valence-electron chi connectivity index (χ0n) is 15.3. The number of fused-ring (bicyclic) bond motifs is 1. The Bertz CT molecular complexity index is 867. The fraction of sp³-hybridized carbons (Fsp3) is 0.444. The number of para-hydroxylation sites is 1. The molecule has 9 heteroatoms. The number of aromatic nitrogens is 1. The summed E-state index contributed by atoms with van der Waals surface area (Å²) in [6.45, 7) is 1.00. The lowest BCUT2D eigenvalue weighted by Crippen LogP contribution is -2.43. The zero-order valence-corrected chi connectivity index (χ0v) is 16.8. The summed E-state index contributed by atoms with van der Waals surface area (Å²) in [5.74, 6) is -0.907. The highest BCUT2D eigenvalue weighted by atomic mass is 35.5. The first-order chi connectivity index (χ1) is 12.9. The quantitative estimate of drug-likeness (QED) is 0.657. The van der Waals surface area contributed by atoms with Gasteiger partial charge in [-0.15, -0.1) is 0 Å². The highest BCUT2D eigenvalue weighted by Gasteiger charge is 2.32. The van der Waals surface area contributed by atoms with Crippen LogP contribution in [0.5, 0.6) is 0 Å². The number of rotatable bonds is 7. The van der Waals surface area contributed by atoms with Gasteiger partial charge in [0.2, 0.25) is 17.7 Å². The lowest BCUT2D eigenvalue weighted by atomic mass is 10.3. The second kappa shape index (κ2) is 8.33. The van der Waals surface area contributed by atoms with Crippen LogP contribution in [-0.2, 0) is 14.4 Å². The van der Waals surface area contributed by atoms with Crippen LogP contribution in [0.3, 0.4) is 0 Å². The van der Waals surface area contributed by atoms with E-state index < -0.39 is 0 Å². The van der Waals surface area contributed by atoms with E-state index in [1.54, 1.807) is 11.0 Å². The third-order valence-electron chi connectivity index (χ3n) is 4.33. The molecule has 7 nitrogen and oxygen atoms in total. The molecule has 0 saturated carbocycles. The number of halogens is 1. The number of anilines is 1. The maximum Gasteiger partial charge on any atom is 0.248 e. The van der Waals surface area contributed by atoms with Gasteiger partial charge in [0.25, 0.3) is 0 Å². The SMILES string of the molecule is CN(C)CCCN(C(=O)CN1C(=O)CCC1=O)c1nc2c(Cl)cccc2s1. The number of carbonyl (C=O) groups excluding carboxylic acids is 3. The molecule has 0 bridgehead atoms. The Labute approximate surface area is 166 Å². The fourth-order valence-corrected chi connectivity index (χ4v) is 4.22. The smallest absolute Gasteiger partial charge is 0.248 e. The van der Waals surface area contributed by atoms with E-state index in [9.17, 15) is 14.4 Å². The fourth-order valence-electron chi connectivity index (χ4n) is 2.91. The number of amides is 3. The van der Waals surface area contributed by atoms with Crippen molar-refractivity contribution in [2.75, 3.05) is 38.6 Å². The molecule has 1 saturated heterocycles. The summed E-state index contributed by atoms with van der Waals surface area (Å²) < 4.78 is 0.885. The van der Waals surface area contributed by atoms with Crippen molar-refractivity contribution in [2.24, 2.45) is 0 Å². The molecule has 27 heavy (non-hydrogen) atoms. The van der Waals surface area contributed by atoms with E-state index in [-0.39, 0.29) is 37.1 Å². The van der Waals surface area contributed by atoms with Crippen LogP contribution in [0, 0.1) is 0 Å². The summed E-state index contributed by atoms with van der Waals surface area (Å²) in [5, 5.41) is 1.06. The molecule has 0 radical (unpaired) electrons. The predicted octanol–water partition coefficient (Wildman–Crippen LogP) is 2.38. The van der Waals surface area contributed by atoms with Gasteiger partial charge >= 0.3 is 0 Å². The average molecular weight is 409 g/mol. The Morgan fingerprint density at radius 3 is 2.56 bits per heavy atom. The third kappa shape index (κ3) is 4.45. The van der Waals surface area contributed by atoms with Gasteiger partial charge in [0, 0.05) is 19.4 Å². The van der Waals surface area contributed by atoms with Crippen LogP contribution in [0.2, 0.25) is 5.02 Å². The number of benzene rings is 1. The molecule has 144 valence electrons. The lowest BCUT2D eigenvalue weighted by Gasteiger charge is -2.23. The second-order valence-corrected chi connectivity index (χ2v) is 8.08. The van der Waals surface area contributed by atoms with E-state index >= 15 is 0 Å². The van der Waals surface area contributed by atoms with Crippen molar-refractivity contribution in [3.05, 3.63) is 23.2 Å². The number of carbonyl (C=O) groups is 3. The van der Waals surface area contributed by atoms with Gasteiger partial charge in [-0.05, 0) is 39.2 Å². The maximum absolute atomic E-state index is 12.9. The highest BCUT2D eigenvalue weighted by Crippen LogP contribution is 2.33. The maximum atomic E-state index is 12.9. The zero-order chi connectivity index (χ0) is 19.6. The van der Waals surface area contributed by atoms with Gasteiger partial charge < -0.3 is 4.90 Å². The first-order valence-electron chi connectivity index (χ1n) is 8.70. The van der Waals surface area contributed by atoms with Gasteiger partial charge in [-0.25, -0.2) is 4.98 Å². The Hall–Kier alpha value is -2.03. The van der Waals surface area contributed by atoms with Gasteiger partial charge in [0.15, 0.2) is 5.13 Å². The number of imide groups is 1. The van der Waals surface area contributed by atoms with Crippen molar-refractivity contribution in [3.63, 3.8) is 0 Å². The molecule has 0 spiro atoms. The summed E-state index contributed by atoms with van der Waals surface area (Å²) in [4.78, 5) is 45.8. The minimum atomic E-state index is -0.312. The molecule has 1 aliphatic heterocycles. The number of nitrogens with zero attached hydrogens (tertiary/aromatic N) is 4. The monoisotopic (exact) mass is 408 g/mol. The molecule has 1 fully saturated rings. The number of likely N-dealkylation sites (tertiary alicyclic amines) is 1. The molecule has 3 amide bonds. The van der Waals surface area contributed by atoms with E-state index in [1.165, 1.54) is 11.3 Å². The Morgan fingerprint density at radius 1 is 1.22 bits per heavy atom. The van der Waals surface area contributed by atoms with Crippen LogP contribution in [0.15, 0.2) is 18.2 Å². The van der Waals surface area contributed by atoms with Gasteiger partial charge in [0.1, 0.15) is 12.1 Å². The molecule has 0 unspecified atom stereocenters. The third-order valence-corrected chi connectivity index (χ3v) is 5.67. The van der Waals surface area contributed by atoms with E-state index in [4.69, 9.17) is 11.6 Å². The van der Waals surface area contributed by atoms with Crippen molar-refractivity contribution in [2.45, 2.75) is 19.3 Å². The van der Waals surface area contributed by atoms with Gasteiger partial charge in [-0.2, -0.15) is 0 Å². The van der Waals surface area contributed by atoms with Crippen LogP contribution < -0.4 is 4.90 Å². The Kier molecular flexibility index (Phi) is 6.08. The first kappa shape index (κ1) is 19.7. The van der Waals surface area contributed by atoms with E-state index in [0.717, 1.165) is 22.6 Å². The van der Waals surface area contributed by atoms with Gasteiger partial charge in [-0.1, -0.05) is 29.0 Å². The van der Waals surface area contributed by atoms with Crippen LogP contribution in [-0.4, -0.2) is 66.2 Å². The second-order valence-electron chi connectivity index (χ2n) is 6.66. The van der Waals surface area contributed by atoms with E-state index in [0.29, 0.717) is 22.2 Å². The molecule has 1 aromatic carbocycles. The normalized spacial score (nSPS) is 14.6. The summed E-state index contributed by atoms with van der Waals surface area (Å²) >= 11 is 7.59. The number of hydrogen-bond acceptors (Lipinski definition) is 6. The van der Waals surface area contributed by atoms with Crippen LogP contribution in [0.1, 0.15) is 19.3 Å². The molecule has 0 aliphatic carbocycles. The van der Waals surface area contributed by atoms with Crippen molar-refractivity contribution < 1.29 is 14.4 Å². The van der Waals surface area contributed by atoms with Crippen LogP contribution >= 0.6 is 22.9 Å². The van der Waals surface area contributed by atoms with Crippen molar-refractivity contribution in [1.82, 2.24) is 14.8 Å². The molecular weight excluding hydrogens is 388 g/mol. The van der Waals surface area contributed by atoms with Crippen molar-refractivity contribution >= 4 is 56.0 Å². The number of hydrogen-bond donors (Lipinski definition) is 0. The molecule has 0 atom stereocenters. The molecule has 0 N–H and O–H groups in total. The van der Waals surface area contributed by atoms with Crippen LogP contribution in [0.4, 0.5) is 5.13 Å². The summed E-state index contributed by atoms with van der Waals surface area (Å²) in [6, 6.07) is 5.50. The average Bonchev–Trinajstić information content (AvgIpc) is 3.18. The first-order valence-corrected chi connectivity index (χ1v) is 9.89. The topological polar surface area (TPSA) is 73.8 Å². The van der Waals surface area contributed by atoms with Crippen molar-refractivity contribution in [3.8, 4) is 0 Å². The van der Waals surface area contributed by atoms with Crippen molar-refractivity contribution in [1.29, 1.82) is 0 Å². The lowest BCUT2D eigenvalue weighted by molar-refractivity contribution is -0.141. The minimum absolute atomic E-state index is 0.170. The largest absolute Gasteiger partial charge is 0.309 e.